The Hall–Kier alpha value is -1.22. The van der Waals surface area contributed by atoms with Gasteiger partial charge in [-0.3, -0.25) is 0 Å². The molecule has 0 saturated carbocycles. The van der Waals surface area contributed by atoms with Crippen LogP contribution in [0.1, 0.15) is 18.9 Å². The molecule has 80 valence electrons. The summed E-state index contributed by atoms with van der Waals surface area (Å²) in [6, 6.07) is 6.23. The summed E-state index contributed by atoms with van der Waals surface area (Å²) >= 11 is 0. The number of rotatable bonds is 1. The molecule has 1 atom stereocenters. The second kappa shape index (κ2) is 3.14. The highest BCUT2D eigenvalue weighted by atomic mass is 16.5. The van der Waals surface area contributed by atoms with E-state index in [1.807, 2.05) is 6.07 Å². The smallest absolute Gasteiger partial charge is 0.161 e. The van der Waals surface area contributed by atoms with Crippen LogP contribution in [-0.2, 0) is 5.54 Å². The number of ether oxygens (including phenoxy) is 2. The zero-order valence-electron chi connectivity index (χ0n) is 8.88. The van der Waals surface area contributed by atoms with Crippen molar-refractivity contribution in [3.8, 4) is 11.5 Å². The van der Waals surface area contributed by atoms with Gasteiger partial charge in [0.25, 0.3) is 0 Å². The summed E-state index contributed by atoms with van der Waals surface area (Å²) in [5.41, 5.74) is 1.44. The second-order valence-electron chi connectivity index (χ2n) is 4.40. The van der Waals surface area contributed by atoms with Gasteiger partial charge in [-0.05, 0) is 24.6 Å². The molecule has 0 spiro atoms. The van der Waals surface area contributed by atoms with Gasteiger partial charge in [-0.1, -0.05) is 6.07 Å². The maximum absolute atomic E-state index is 5.66. The number of benzene rings is 1. The molecule has 0 amide bonds. The van der Waals surface area contributed by atoms with Crippen LogP contribution in [0.3, 0.4) is 0 Å². The monoisotopic (exact) mass is 205 g/mol. The minimum atomic E-state index is 0.157. The molecule has 0 aliphatic carbocycles. The maximum Gasteiger partial charge on any atom is 0.161 e. The quantitative estimate of drug-likeness (QED) is 0.709. The first-order chi connectivity index (χ1) is 7.28. The van der Waals surface area contributed by atoms with Crippen molar-refractivity contribution < 1.29 is 9.47 Å². The molecule has 1 fully saturated rings. The fraction of sp³-hybridized carbons (Fsp3) is 0.500. The fourth-order valence-electron chi connectivity index (χ4n) is 1.84. The van der Waals surface area contributed by atoms with Crippen molar-refractivity contribution in [1.82, 2.24) is 5.32 Å². The number of fused-ring (bicyclic) bond motifs is 1. The maximum atomic E-state index is 5.66. The van der Waals surface area contributed by atoms with E-state index in [0.29, 0.717) is 0 Å². The van der Waals surface area contributed by atoms with E-state index in [9.17, 15) is 0 Å². The molecule has 1 saturated heterocycles. The molecule has 3 heteroatoms. The van der Waals surface area contributed by atoms with E-state index in [2.05, 4.69) is 24.4 Å². The van der Waals surface area contributed by atoms with Gasteiger partial charge < -0.3 is 14.8 Å². The van der Waals surface area contributed by atoms with E-state index in [-0.39, 0.29) is 5.54 Å². The molecule has 2 aliphatic heterocycles. The van der Waals surface area contributed by atoms with Gasteiger partial charge in [0.05, 0.1) is 18.8 Å². The van der Waals surface area contributed by atoms with E-state index in [0.717, 1.165) is 37.7 Å². The SMILES string of the molecule is CC1(c2ccc3c(c2)OCCCO3)CN1. The Morgan fingerprint density at radius 3 is 2.67 bits per heavy atom. The van der Waals surface area contributed by atoms with Crippen LogP contribution in [0.2, 0.25) is 0 Å². The molecule has 0 aromatic heterocycles. The molecular formula is C12H15NO2. The van der Waals surface area contributed by atoms with Gasteiger partial charge in [-0.25, -0.2) is 0 Å². The molecule has 1 aromatic rings. The van der Waals surface area contributed by atoms with Gasteiger partial charge in [0.1, 0.15) is 0 Å². The molecule has 1 unspecified atom stereocenters. The van der Waals surface area contributed by atoms with Crippen molar-refractivity contribution in [3.05, 3.63) is 23.8 Å². The summed E-state index contributed by atoms with van der Waals surface area (Å²) in [6.45, 7) is 4.75. The highest BCUT2D eigenvalue weighted by molar-refractivity contribution is 5.46. The Kier molecular flexibility index (Phi) is 1.89. The molecule has 15 heavy (non-hydrogen) atoms. The van der Waals surface area contributed by atoms with Crippen LogP contribution in [0.25, 0.3) is 0 Å². The Balaban J connectivity index is 1.97. The number of nitrogens with one attached hydrogen (secondary N) is 1. The molecule has 2 aliphatic rings. The van der Waals surface area contributed by atoms with E-state index >= 15 is 0 Å². The molecule has 0 bridgehead atoms. The summed E-state index contributed by atoms with van der Waals surface area (Å²) < 4.78 is 11.3. The Bertz CT molecular complexity index is 385. The van der Waals surface area contributed by atoms with Crippen LogP contribution in [-0.4, -0.2) is 19.8 Å². The van der Waals surface area contributed by atoms with Gasteiger partial charge in [0.2, 0.25) is 0 Å². The predicted octanol–water partition coefficient (Wildman–Crippen LogP) is 1.67. The van der Waals surface area contributed by atoms with Gasteiger partial charge in [-0.15, -0.1) is 0 Å². The average Bonchev–Trinajstić information content (AvgIpc) is 3.01. The van der Waals surface area contributed by atoms with Gasteiger partial charge in [0, 0.05) is 13.0 Å². The van der Waals surface area contributed by atoms with Crippen molar-refractivity contribution in [1.29, 1.82) is 0 Å². The second-order valence-corrected chi connectivity index (χ2v) is 4.40. The summed E-state index contributed by atoms with van der Waals surface area (Å²) in [4.78, 5) is 0. The first-order valence-corrected chi connectivity index (χ1v) is 5.43. The van der Waals surface area contributed by atoms with E-state index in [1.165, 1.54) is 5.56 Å². The lowest BCUT2D eigenvalue weighted by Gasteiger charge is -2.12. The minimum Gasteiger partial charge on any atom is -0.490 e. The normalized spacial score (nSPS) is 28.3. The first kappa shape index (κ1) is 9.04. The third kappa shape index (κ3) is 1.57. The molecular weight excluding hydrogens is 190 g/mol. The van der Waals surface area contributed by atoms with Crippen molar-refractivity contribution in [2.45, 2.75) is 18.9 Å². The van der Waals surface area contributed by atoms with Crippen molar-refractivity contribution in [2.24, 2.45) is 0 Å². The number of hydrogen-bond donors (Lipinski definition) is 1. The molecule has 2 heterocycles. The highest BCUT2D eigenvalue weighted by Crippen LogP contribution is 2.37. The van der Waals surface area contributed by atoms with E-state index in [4.69, 9.17) is 9.47 Å². The van der Waals surface area contributed by atoms with Gasteiger partial charge in [-0.2, -0.15) is 0 Å². The molecule has 0 radical (unpaired) electrons. The lowest BCUT2D eigenvalue weighted by Crippen LogP contribution is -2.07. The van der Waals surface area contributed by atoms with E-state index in [1.54, 1.807) is 0 Å². The zero-order valence-corrected chi connectivity index (χ0v) is 8.88. The number of hydrogen-bond acceptors (Lipinski definition) is 3. The third-order valence-electron chi connectivity index (χ3n) is 3.09. The first-order valence-electron chi connectivity index (χ1n) is 5.43. The summed E-state index contributed by atoms with van der Waals surface area (Å²) in [5.74, 6) is 1.76. The topological polar surface area (TPSA) is 40.4 Å². The van der Waals surface area contributed by atoms with Gasteiger partial charge in [0.15, 0.2) is 11.5 Å². The minimum absolute atomic E-state index is 0.157. The third-order valence-corrected chi connectivity index (χ3v) is 3.09. The molecule has 3 nitrogen and oxygen atoms in total. The standard InChI is InChI=1S/C12H15NO2/c1-12(8-13-12)9-3-4-10-11(7-9)15-6-2-5-14-10/h3-4,7,13H,2,5-6,8H2,1H3. The summed E-state index contributed by atoms with van der Waals surface area (Å²) in [5, 5.41) is 3.35. The highest BCUT2D eigenvalue weighted by Gasteiger charge is 2.38. The lowest BCUT2D eigenvalue weighted by molar-refractivity contribution is 0.297. The Labute approximate surface area is 89.4 Å². The van der Waals surface area contributed by atoms with Crippen molar-refractivity contribution in [3.63, 3.8) is 0 Å². The average molecular weight is 205 g/mol. The summed E-state index contributed by atoms with van der Waals surface area (Å²) in [6.07, 6.45) is 0.958. The van der Waals surface area contributed by atoms with Crippen molar-refractivity contribution >= 4 is 0 Å². The van der Waals surface area contributed by atoms with Crippen LogP contribution < -0.4 is 14.8 Å². The van der Waals surface area contributed by atoms with E-state index < -0.39 is 0 Å². The van der Waals surface area contributed by atoms with Crippen LogP contribution in [0, 0.1) is 0 Å². The molecule has 1 aromatic carbocycles. The predicted molar refractivity (Wildman–Crippen MR) is 57.4 cm³/mol. The summed E-state index contributed by atoms with van der Waals surface area (Å²) in [7, 11) is 0. The van der Waals surface area contributed by atoms with Crippen LogP contribution in [0.5, 0.6) is 11.5 Å². The van der Waals surface area contributed by atoms with Crippen LogP contribution in [0.4, 0.5) is 0 Å². The van der Waals surface area contributed by atoms with Crippen molar-refractivity contribution in [2.75, 3.05) is 19.8 Å². The largest absolute Gasteiger partial charge is 0.490 e. The Morgan fingerprint density at radius 1 is 1.20 bits per heavy atom. The zero-order chi connectivity index (χ0) is 10.3. The van der Waals surface area contributed by atoms with Gasteiger partial charge >= 0.3 is 0 Å². The van der Waals surface area contributed by atoms with Crippen LogP contribution in [0.15, 0.2) is 18.2 Å². The lowest BCUT2D eigenvalue weighted by atomic mass is 10.0. The Morgan fingerprint density at radius 2 is 1.93 bits per heavy atom. The molecule has 1 N–H and O–H groups in total. The molecule has 3 rings (SSSR count). The fourth-order valence-corrected chi connectivity index (χ4v) is 1.84. The van der Waals surface area contributed by atoms with Crippen LogP contribution >= 0.6 is 0 Å².